The first-order valence-corrected chi connectivity index (χ1v) is 6.81. The van der Waals surface area contributed by atoms with E-state index in [4.69, 9.17) is 35.4 Å². The minimum absolute atomic E-state index is 0.493. The quantitative estimate of drug-likeness (QED) is 0.754. The summed E-state index contributed by atoms with van der Waals surface area (Å²) in [5.74, 6) is 0. The molecule has 2 N–H and O–H groups in total. The van der Waals surface area contributed by atoms with Crippen molar-refractivity contribution >= 4 is 51.9 Å². The number of aryl methyl sites for hydroxylation is 1. The Morgan fingerprint density at radius 2 is 1.63 bits per heavy atom. The number of thiocarbonyl (C=S) groups is 1. The van der Waals surface area contributed by atoms with Crippen molar-refractivity contribution in [3.05, 3.63) is 58.1 Å². The molecule has 0 saturated heterocycles. The Hall–Kier alpha value is -1.29. The van der Waals surface area contributed by atoms with Gasteiger partial charge in [0.15, 0.2) is 5.11 Å². The molecule has 2 nitrogen and oxygen atoms in total. The minimum Gasteiger partial charge on any atom is -0.332 e. The second-order valence-electron chi connectivity index (χ2n) is 4.05. The van der Waals surface area contributed by atoms with Gasteiger partial charge in [0.25, 0.3) is 0 Å². The molecule has 0 unspecified atom stereocenters. The van der Waals surface area contributed by atoms with Crippen LogP contribution in [0.25, 0.3) is 0 Å². The molecule has 5 heteroatoms. The average molecular weight is 311 g/mol. The zero-order valence-electron chi connectivity index (χ0n) is 10.2. The zero-order chi connectivity index (χ0) is 13.8. The Kier molecular flexibility index (Phi) is 4.64. The summed E-state index contributed by atoms with van der Waals surface area (Å²) < 4.78 is 0. The molecule has 98 valence electrons. The van der Waals surface area contributed by atoms with Crippen LogP contribution in [0.2, 0.25) is 10.0 Å². The maximum absolute atomic E-state index is 5.93. The lowest BCUT2D eigenvalue weighted by Crippen LogP contribution is -2.19. The molecule has 0 aliphatic rings. The van der Waals surface area contributed by atoms with Crippen molar-refractivity contribution in [2.24, 2.45) is 0 Å². The van der Waals surface area contributed by atoms with Crippen LogP contribution in [0.15, 0.2) is 42.5 Å². The van der Waals surface area contributed by atoms with Crippen LogP contribution in [0.5, 0.6) is 0 Å². The van der Waals surface area contributed by atoms with Gasteiger partial charge in [-0.25, -0.2) is 0 Å². The van der Waals surface area contributed by atoms with Gasteiger partial charge in [0.05, 0.1) is 0 Å². The summed E-state index contributed by atoms with van der Waals surface area (Å²) in [4.78, 5) is 0. The smallest absolute Gasteiger partial charge is 0.175 e. The van der Waals surface area contributed by atoms with Crippen molar-refractivity contribution in [2.45, 2.75) is 6.92 Å². The molecule has 0 bridgehead atoms. The highest BCUT2D eigenvalue weighted by Crippen LogP contribution is 2.22. The van der Waals surface area contributed by atoms with E-state index in [1.54, 1.807) is 18.2 Å². The van der Waals surface area contributed by atoms with E-state index in [0.717, 1.165) is 16.9 Å². The Balaban J connectivity index is 2.07. The van der Waals surface area contributed by atoms with Crippen molar-refractivity contribution in [1.29, 1.82) is 0 Å². The molecule has 2 rings (SSSR count). The fraction of sp³-hybridized carbons (Fsp3) is 0.0714. The van der Waals surface area contributed by atoms with Gasteiger partial charge >= 0.3 is 0 Å². The third-order valence-corrected chi connectivity index (χ3v) is 3.15. The first-order valence-electron chi connectivity index (χ1n) is 5.64. The highest BCUT2D eigenvalue weighted by atomic mass is 35.5. The molecule has 0 saturated carbocycles. The summed E-state index contributed by atoms with van der Waals surface area (Å²) in [6.45, 7) is 2.02. The standard InChI is InChI=1S/C14H12Cl2N2S/c1-9-4-2-3-5-13(9)18-14(19)17-12-7-10(15)6-11(16)8-12/h2-8H,1H3,(H2,17,18,19). The van der Waals surface area contributed by atoms with Crippen LogP contribution in [0.4, 0.5) is 11.4 Å². The number of hydrogen-bond acceptors (Lipinski definition) is 1. The highest BCUT2D eigenvalue weighted by Gasteiger charge is 2.03. The number of anilines is 2. The average Bonchev–Trinajstić information content (AvgIpc) is 2.30. The third-order valence-electron chi connectivity index (χ3n) is 2.51. The molecule has 0 spiro atoms. The lowest BCUT2D eigenvalue weighted by atomic mass is 10.2. The van der Waals surface area contributed by atoms with Crippen molar-refractivity contribution in [3.8, 4) is 0 Å². The van der Waals surface area contributed by atoms with Crippen molar-refractivity contribution in [1.82, 2.24) is 0 Å². The van der Waals surface area contributed by atoms with Gasteiger partial charge in [-0.2, -0.15) is 0 Å². The monoisotopic (exact) mass is 310 g/mol. The summed E-state index contributed by atoms with van der Waals surface area (Å²) in [5.41, 5.74) is 2.84. The van der Waals surface area contributed by atoms with Gasteiger partial charge < -0.3 is 10.6 Å². The Bertz CT molecular complexity index is 594. The van der Waals surface area contributed by atoms with Crippen LogP contribution >= 0.6 is 35.4 Å². The molecule has 0 aliphatic carbocycles. The number of hydrogen-bond donors (Lipinski definition) is 2. The first-order chi connectivity index (χ1) is 9.04. The Morgan fingerprint density at radius 1 is 1.00 bits per heavy atom. The molecule has 0 atom stereocenters. The fourth-order valence-corrected chi connectivity index (χ4v) is 2.38. The van der Waals surface area contributed by atoms with Crippen molar-refractivity contribution in [2.75, 3.05) is 10.6 Å². The van der Waals surface area contributed by atoms with Crippen LogP contribution < -0.4 is 10.6 Å². The Labute approximate surface area is 127 Å². The van der Waals surface area contributed by atoms with E-state index in [-0.39, 0.29) is 0 Å². The molecular weight excluding hydrogens is 299 g/mol. The number of halogens is 2. The molecule has 2 aromatic carbocycles. The lowest BCUT2D eigenvalue weighted by Gasteiger charge is -2.12. The van der Waals surface area contributed by atoms with Gasteiger partial charge in [0.2, 0.25) is 0 Å². The number of benzene rings is 2. The molecule has 0 heterocycles. The second kappa shape index (κ2) is 6.24. The van der Waals surface area contributed by atoms with Gasteiger partial charge in [-0.3, -0.25) is 0 Å². The van der Waals surface area contributed by atoms with Gasteiger partial charge in [0.1, 0.15) is 0 Å². The van der Waals surface area contributed by atoms with Crippen LogP contribution in [0.1, 0.15) is 5.56 Å². The predicted octanol–water partition coefficient (Wildman–Crippen LogP) is 5.11. The van der Waals surface area contributed by atoms with E-state index in [2.05, 4.69) is 10.6 Å². The largest absolute Gasteiger partial charge is 0.332 e. The lowest BCUT2D eigenvalue weighted by molar-refractivity contribution is 1.45. The fourth-order valence-electron chi connectivity index (χ4n) is 1.62. The van der Waals surface area contributed by atoms with E-state index in [1.165, 1.54) is 0 Å². The second-order valence-corrected chi connectivity index (χ2v) is 5.33. The van der Waals surface area contributed by atoms with E-state index >= 15 is 0 Å². The molecule has 0 aromatic heterocycles. The number of para-hydroxylation sites is 1. The normalized spacial score (nSPS) is 10.1. The van der Waals surface area contributed by atoms with Crippen LogP contribution in [0.3, 0.4) is 0 Å². The van der Waals surface area contributed by atoms with Crippen molar-refractivity contribution < 1.29 is 0 Å². The molecule has 2 aromatic rings. The third kappa shape index (κ3) is 4.10. The van der Waals surface area contributed by atoms with Gasteiger partial charge in [-0.15, -0.1) is 0 Å². The van der Waals surface area contributed by atoms with Crippen LogP contribution in [-0.2, 0) is 0 Å². The van der Waals surface area contributed by atoms with E-state index in [9.17, 15) is 0 Å². The minimum atomic E-state index is 0.493. The molecular formula is C14H12Cl2N2S. The van der Waals surface area contributed by atoms with Gasteiger partial charge in [-0.1, -0.05) is 41.4 Å². The van der Waals surface area contributed by atoms with E-state index < -0.39 is 0 Å². The molecule has 0 amide bonds. The zero-order valence-corrected chi connectivity index (χ0v) is 12.5. The summed E-state index contributed by atoms with van der Waals surface area (Å²) in [5, 5.41) is 7.80. The van der Waals surface area contributed by atoms with Crippen LogP contribution in [-0.4, -0.2) is 5.11 Å². The van der Waals surface area contributed by atoms with Gasteiger partial charge in [-0.05, 0) is 49.0 Å². The topological polar surface area (TPSA) is 24.1 Å². The van der Waals surface area contributed by atoms with Crippen LogP contribution in [0, 0.1) is 6.92 Å². The number of nitrogens with one attached hydrogen (secondary N) is 2. The molecule has 19 heavy (non-hydrogen) atoms. The maximum Gasteiger partial charge on any atom is 0.175 e. The Morgan fingerprint density at radius 3 is 2.26 bits per heavy atom. The SMILES string of the molecule is Cc1ccccc1NC(=S)Nc1cc(Cl)cc(Cl)c1. The van der Waals surface area contributed by atoms with Crippen molar-refractivity contribution in [3.63, 3.8) is 0 Å². The molecule has 0 radical (unpaired) electrons. The number of rotatable bonds is 2. The van der Waals surface area contributed by atoms with E-state index in [0.29, 0.717) is 15.2 Å². The summed E-state index contributed by atoms with van der Waals surface area (Å²) in [6, 6.07) is 13.1. The first kappa shape index (κ1) is 14.1. The molecule has 0 fully saturated rings. The predicted molar refractivity (Wildman–Crippen MR) is 87.5 cm³/mol. The summed E-state index contributed by atoms with van der Waals surface area (Å²) in [7, 11) is 0. The summed E-state index contributed by atoms with van der Waals surface area (Å²) >= 11 is 17.1. The van der Waals surface area contributed by atoms with Gasteiger partial charge in [0, 0.05) is 21.4 Å². The van der Waals surface area contributed by atoms with E-state index in [1.807, 2.05) is 31.2 Å². The highest BCUT2D eigenvalue weighted by molar-refractivity contribution is 7.80. The maximum atomic E-state index is 5.93. The molecule has 0 aliphatic heterocycles. The summed E-state index contributed by atoms with van der Waals surface area (Å²) in [6.07, 6.45) is 0.